The molecule has 144 valence electrons. The SMILES string of the molecule is Cc1ccc(NC(=O)C(C)Oc2ccc3c(C)cc(=O)oc3c2)cc1[N+](=O)[O-]. The number of fused-ring (bicyclic) bond motifs is 1. The normalized spacial score (nSPS) is 11.8. The van der Waals surface area contributed by atoms with Gasteiger partial charge in [-0.3, -0.25) is 14.9 Å². The molecule has 0 bridgehead atoms. The highest BCUT2D eigenvalue weighted by Gasteiger charge is 2.18. The van der Waals surface area contributed by atoms with Crippen LogP contribution in [0.4, 0.5) is 11.4 Å². The van der Waals surface area contributed by atoms with Crippen LogP contribution in [0, 0.1) is 24.0 Å². The second-order valence-corrected chi connectivity index (χ2v) is 6.41. The maximum absolute atomic E-state index is 12.4. The molecule has 0 radical (unpaired) electrons. The molecular weight excluding hydrogens is 364 g/mol. The third-order valence-corrected chi connectivity index (χ3v) is 4.28. The number of carbonyl (C=O) groups excluding carboxylic acids is 1. The van der Waals surface area contributed by atoms with E-state index in [0.717, 1.165) is 10.9 Å². The smallest absolute Gasteiger partial charge is 0.336 e. The number of hydrogen-bond acceptors (Lipinski definition) is 6. The fourth-order valence-electron chi connectivity index (χ4n) is 2.76. The molecule has 0 saturated carbocycles. The number of nitro benzene ring substituents is 1. The zero-order valence-electron chi connectivity index (χ0n) is 15.5. The number of ether oxygens (including phenoxy) is 1. The van der Waals surface area contributed by atoms with Crippen LogP contribution in [0.1, 0.15) is 18.1 Å². The van der Waals surface area contributed by atoms with Gasteiger partial charge in [0.1, 0.15) is 11.3 Å². The Morgan fingerprint density at radius 3 is 2.61 bits per heavy atom. The van der Waals surface area contributed by atoms with Gasteiger partial charge in [-0.25, -0.2) is 4.79 Å². The summed E-state index contributed by atoms with van der Waals surface area (Å²) in [5.41, 5.74) is 1.41. The van der Waals surface area contributed by atoms with Crippen molar-refractivity contribution in [2.24, 2.45) is 0 Å². The summed E-state index contributed by atoms with van der Waals surface area (Å²) in [6, 6.07) is 10.8. The van der Waals surface area contributed by atoms with Crippen molar-refractivity contribution in [1.29, 1.82) is 0 Å². The fourth-order valence-corrected chi connectivity index (χ4v) is 2.76. The molecule has 0 aliphatic rings. The van der Waals surface area contributed by atoms with E-state index in [-0.39, 0.29) is 5.69 Å². The molecule has 0 spiro atoms. The summed E-state index contributed by atoms with van der Waals surface area (Å²) in [5, 5.41) is 14.4. The molecule has 3 aromatic rings. The van der Waals surface area contributed by atoms with E-state index in [9.17, 15) is 19.7 Å². The first kappa shape index (κ1) is 19.1. The van der Waals surface area contributed by atoms with E-state index in [1.54, 1.807) is 51.1 Å². The van der Waals surface area contributed by atoms with E-state index < -0.39 is 22.6 Å². The van der Waals surface area contributed by atoms with Gasteiger partial charge in [-0.1, -0.05) is 6.07 Å². The van der Waals surface area contributed by atoms with Crippen molar-refractivity contribution in [1.82, 2.24) is 0 Å². The quantitative estimate of drug-likeness (QED) is 0.409. The predicted octanol–water partition coefficient (Wildman–Crippen LogP) is 3.72. The number of rotatable bonds is 5. The second kappa shape index (κ2) is 7.51. The topological polar surface area (TPSA) is 112 Å². The molecule has 0 fully saturated rings. The van der Waals surface area contributed by atoms with E-state index in [1.807, 2.05) is 0 Å². The number of anilines is 1. The fraction of sp³-hybridized carbons (Fsp3) is 0.200. The number of aryl methyl sites for hydroxylation is 2. The Hall–Kier alpha value is -3.68. The van der Waals surface area contributed by atoms with E-state index >= 15 is 0 Å². The summed E-state index contributed by atoms with van der Waals surface area (Å²) in [5.74, 6) is -0.109. The van der Waals surface area contributed by atoms with Crippen molar-refractivity contribution in [2.75, 3.05) is 5.32 Å². The van der Waals surface area contributed by atoms with Crippen LogP contribution < -0.4 is 15.7 Å². The predicted molar refractivity (Wildman–Crippen MR) is 104 cm³/mol. The van der Waals surface area contributed by atoms with E-state index in [2.05, 4.69) is 5.32 Å². The summed E-state index contributed by atoms with van der Waals surface area (Å²) in [4.78, 5) is 34.4. The van der Waals surface area contributed by atoms with Crippen LogP contribution in [0.3, 0.4) is 0 Å². The highest BCUT2D eigenvalue weighted by molar-refractivity contribution is 5.94. The van der Waals surface area contributed by atoms with Gasteiger partial charge in [0.15, 0.2) is 6.10 Å². The number of amides is 1. The van der Waals surface area contributed by atoms with Crippen LogP contribution in [0.25, 0.3) is 11.0 Å². The highest BCUT2D eigenvalue weighted by atomic mass is 16.6. The minimum atomic E-state index is -0.880. The lowest BCUT2D eigenvalue weighted by Crippen LogP contribution is -2.30. The molecule has 0 aliphatic carbocycles. The first-order valence-electron chi connectivity index (χ1n) is 8.51. The Morgan fingerprint density at radius 1 is 1.14 bits per heavy atom. The third-order valence-electron chi connectivity index (χ3n) is 4.28. The maximum Gasteiger partial charge on any atom is 0.336 e. The molecule has 2 aromatic carbocycles. The Bertz CT molecular complexity index is 1140. The van der Waals surface area contributed by atoms with E-state index in [4.69, 9.17) is 9.15 Å². The molecule has 1 unspecified atom stereocenters. The monoisotopic (exact) mass is 382 g/mol. The van der Waals surface area contributed by atoms with Crippen LogP contribution >= 0.6 is 0 Å². The second-order valence-electron chi connectivity index (χ2n) is 6.41. The summed E-state index contributed by atoms with van der Waals surface area (Å²) in [6.45, 7) is 4.97. The van der Waals surface area contributed by atoms with Gasteiger partial charge in [0.25, 0.3) is 11.6 Å². The first-order valence-corrected chi connectivity index (χ1v) is 8.51. The van der Waals surface area contributed by atoms with E-state index in [0.29, 0.717) is 22.6 Å². The van der Waals surface area contributed by atoms with E-state index in [1.165, 1.54) is 12.1 Å². The Morgan fingerprint density at radius 2 is 1.89 bits per heavy atom. The molecular formula is C20H18N2O6. The lowest BCUT2D eigenvalue weighted by Gasteiger charge is -2.15. The average molecular weight is 382 g/mol. The highest BCUT2D eigenvalue weighted by Crippen LogP contribution is 2.24. The summed E-state index contributed by atoms with van der Waals surface area (Å²) in [6.07, 6.45) is -0.880. The number of hydrogen-bond donors (Lipinski definition) is 1. The van der Waals surface area contributed by atoms with Gasteiger partial charge >= 0.3 is 5.63 Å². The summed E-state index contributed by atoms with van der Waals surface area (Å²) < 4.78 is 10.8. The van der Waals surface area contributed by atoms with Gasteiger partial charge in [0, 0.05) is 34.8 Å². The van der Waals surface area contributed by atoms with Crippen LogP contribution in [0.5, 0.6) is 5.75 Å². The lowest BCUT2D eigenvalue weighted by atomic mass is 10.1. The molecule has 1 amide bonds. The molecule has 28 heavy (non-hydrogen) atoms. The minimum Gasteiger partial charge on any atom is -0.481 e. The number of nitrogens with zero attached hydrogens (tertiary/aromatic N) is 1. The molecule has 0 saturated heterocycles. The van der Waals surface area contributed by atoms with Crippen LogP contribution in [0.15, 0.2) is 51.7 Å². The molecule has 8 heteroatoms. The molecule has 0 aliphatic heterocycles. The van der Waals surface area contributed by atoms with Gasteiger partial charge in [-0.2, -0.15) is 0 Å². The zero-order chi connectivity index (χ0) is 20.4. The molecule has 3 rings (SSSR count). The molecule has 1 heterocycles. The Labute approximate surface area is 159 Å². The van der Waals surface area contributed by atoms with Gasteiger partial charge in [0.05, 0.1) is 4.92 Å². The lowest BCUT2D eigenvalue weighted by molar-refractivity contribution is -0.385. The molecule has 1 atom stereocenters. The van der Waals surface area contributed by atoms with Crippen molar-refractivity contribution >= 4 is 28.3 Å². The van der Waals surface area contributed by atoms with Gasteiger partial charge in [0.2, 0.25) is 0 Å². The van der Waals surface area contributed by atoms with Crippen molar-refractivity contribution in [3.63, 3.8) is 0 Å². The van der Waals surface area contributed by atoms with Crippen LogP contribution in [0.2, 0.25) is 0 Å². The van der Waals surface area contributed by atoms with Gasteiger partial charge < -0.3 is 14.5 Å². The Kier molecular flexibility index (Phi) is 5.12. The van der Waals surface area contributed by atoms with Crippen molar-refractivity contribution < 1.29 is 18.9 Å². The van der Waals surface area contributed by atoms with Gasteiger partial charge in [-0.15, -0.1) is 0 Å². The Balaban J connectivity index is 1.76. The minimum absolute atomic E-state index is 0.0775. The number of benzene rings is 2. The third kappa shape index (κ3) is 4.01. The van der Waals surface area contributed by atoms with Crippen LogP contribution in [-0.2, 0) is 4.79 Å². The van der Waals surface area contributed by atoms with Gasteiger partial charge in [-0.05, 0) is 44.5 Å². The summed E-state index contributed by atoms with van der Waals surface area (Å²) >= 11 is 0. The molecule has 8 nitrogen and oxygen atoms in total. The van der Waals surface area contributed by atoms with Crippen molar-refractivity contribution in [3.05, 3.63) is 74.1 Å². The summed E-state index contributed by atoms with van der Waals surface area (Å²) in [7, 11) is 0. The number of nitrogens with one attached hydrogen (secondary N) is 1. The molecule has 1 N–H and O–H groups in total. The average Bonchev–Trinajstić information content (AvgIpc) is 2.62. The maximum atomic E-state index is 12.4. The largest absolute Gasteiger partial charge is 0.481 e. The van der Waals surface area contributed by atoms with Crippen LogP contribution in [-0.4, -0.2) is 16.9 Å². The standard InChI is InChI=1S/C20H18N2O6/c1-11-4-5-14(9-17(11)22(25)26)21-20(24)13(3)27-15-6-7-16-12(2)8-19(23)28-18(16)10-15/h4-10,13H,1-3H3,(H,21,24). The zero-order valence-corrected chi connectivity index (χ0v) is 15.5. The first-order chi connectivity index (χ1) is 13.2. The van der Waals surface area contributed by atoms with Crippen molar-refractivity contribution in [2.45, 2.75) is 26.9 Å². The molecule has 1 aromatic heterocycles. The van der Waals surface area contributed by atoms with Crippen molar-refractivity contribution in [3.8, 4) is 5.75 Å². The number of carbonyl (C=O) groups is 1. The number of nitro groups is 1.